The molecule has 0 aliphatic rings. The van der Waals surface area contributed by atoms with Crippen molar-refractivity contribution in [3.63, 3.8) is 0 Å². The summed E-state index contributed by atoms with van der Waals surface area (Å²) in [5.74, 6) is 1.37. The normalized spacial score (nSPS) is 10.3. The number of benzene rings is 1. The van der Waals surface area contributed by atoms with E-state index in [-0.39, 0.29) is 6.03 Å². The number of carbonyl (C=O) groups excluding carboxylic acids is 1. The van der Waals surface area contributed by atoms with Gasteiger partial charge in [0, 0.05) is 18.3 Å². The van der Waals surface area contributed by atoms with E-state index in [0.717, 1.165) is 24.3 Å². The Labute approximate surface area is 115 Å². The van der Waals surface area contributed by atoms with Crippen LogP contribution in [-0.2, 0) is 0 Å². The van der Waals surface area contributed by atoms with Gasteiger partial charge in [0.25, 0.3) is 0 Å². The maximum Gasteiger partial charge on any atom is 0.319 e. The molecule has 1 aromatic rings. The van der Waals surface area contributed by atoms with Crippen molar-refractivity contribution in [3.8, 4) is 5.75 Å². The SMILES string of the molecule is CCCOc1cccc(NC(=O)NCCC(C)C)c1. The fraction of sp³-hybridized carbons (Fsp3) is 0.533. The van der Waals surface area contributed by atoms with E-state index in [1.54, 1.807) is 0 Å². The highest BCUT2D eigenvalue weighted by molar-refractivity contribution is 5.89. The molecule has 0 atom stereocenters. The third-order valence-corrected chi connectivity index (χ3v) is 2.57. The van der Waals surface area contributed by atoms with E-state index in [9.17, 15) is 4.79 Å². The van der Waals surface area contributed by atoms with Gasteiger partial charge in [-0.25, -0.2) is 4.79 Å². The molecule has 0 aliphatic carbocycles. The summed E-state index contributed by atoms with van der Waals surface area (Å²) in [6.07, 6.45) is 1.94. The lowest BCUT2D eigenvalue weighted by molar-refractivity contribution is 0.251. The van der Waals surface area contributed by atoms with Gasteiger partial charge >= 0.3 is 6.03 Å². The van der Waals surface area contributed by atoms with Crippen LogP contribution in [0.1, 0.15) is 33.6 Å². The van der Waals surface area contributed by atoms with E-state index >= 15 is 0 Å². The quantitative estimate of drug-likeness (QED) is 0.790. The highest BCUT2D eigenvalue weighted by atomic mass is 16.5. The van der Waals surface area contributed by atoms with Crippen molar-refractivity contribution in [2.75, 3.05) is 18.5 Å². The Morgan fingerprint density at radius 2 is 2.16 bits per heavy atom. The average molecular weight is 264 g/mol. The Balaban J connectivity index is 2.40. The van der Waals surface area contributed by atoms with Crippen LogP contribution in [0.2, 0.25) is 0 Å². The van der Waals surface area contributed by atoms with E-state index < -0.39 is 0 Å². The minimum atomic E-state index is -0.173. The van der Waals surface area contributed by atoms with Crippen molar-refractivity contribution in [1.82, 2.24) is 5.32 Å². The fourth-order valence-electron chi connectivity index (χ4n) is 1.53. The van der Waals surface area contributed by atoms with Crippen molar-refractivity contribution in [3.05, 3.63) is 24.3 Å². The molecule has 4 heteroatoms. The molecule has 0 radical (unpaired) electrons. The Kier molecular flexibility index (Phi) is 6.79. The van der Waals surface area contributed by atoms with Gasteiger partial charge in [-0.15, -0.1) is 0 Å². The number of amides is 2. The van der Waals surface area contributed by atoms with Gasteiger partial charge in [0.1, 0.15) is 5.75 Å². The first kappa shape index (κ1) is 15.3. The van der Waals surface area contributed by atoms with E-state index in [2.05, 4.69) is 31.4 Å². The molecule has 106 valence electrons. The van der Waals surface area contributed by atoms with Crippen molar-refractivity contribution in [2.24, 2.45) is 5.92 Å². The van der Waals surface area contributed by atoms with E-state index in [0.29, 0.717) is 19.1 Å². The molecule has 0 saturated heterocycles. The molecule has 0 aliphatic heterocycles. The minimum absolute atomic E-state index is 0.173. The van der Waals surface area contributed by atoms with Crippen molar-refractivity contribution < 1.29 is 9.53 Å². The van der Waals surface area contributed by atoms with Gasteiger partial charge in [-0.1, -0.05) is 26.8 Å². The molecule has 2 amide bonds. The monoisotopic (exact) mass is 264 g/mol. The first-order chi connectivity index (χ1) is 9.11. The number of hydrogen-bond donors (Lipinski definition) is 2. The first-order valence-electron chi connectivity index (χ1n) is 6.89. The van der Waals surface area contributed by atoms with Gasteiger partial charge in [-0.2, -0.15) is 0 Å². The van der Waals surface area contributed by atoms with Crippen molar-refractivity contribution in [2.45, 2.75) is 33.6 Å². The summed E-state index contributed by atoms with van der Waals surface area (Å²) < 4.78 is 5.52. The number of hydrogen-bond acceptors (Lipinski definition) is 2. The third-order valence-electron chi connectivity index (χ3n) is 2.57. The zero-order valence-corrected chi connectivity index (χ0v) is 12.0. The lowest BCUT2D eigenvalue weighted by atomic mass is 10.1. The molecule has 1 rings (SSSR count). The summed E-state index contributed by atoms with van der Waals surface area (Å²) in [7, 11) is 0. The van der Waals surface area contributed by atoms with Crippen molar-refractivity contribution >= 4 is 11.7 Å². The van der Waals surface area contributed by atoms with Gasteiger partial charge < -0.3 is 15.4 Å². The third kappa shape index (κ3) is 6.70. The maximum atomic E-state index is 11.7. The topological polar surface area (TPSA) is 50.4 Å². The largest absolute Gasteiger partial charge is 0.494 e. The van der Waals surface area contributed by atoms with Gasteiger partial charge in [0.15, 0.2) is 0 Å². The number of urea groups is 1. The molecule has 19 heavy (non-hydrogen) atoms. The Hall–Kier alpha value is -1.71. The van der Waals surface area contributed by atoms with Crippen LogP contribution in [0.3, 0.4) is 0 Å². The van der Waals surface area contributed by atoms with Crippen LogP contribution in [0.25, 0.3) is 0 Å². The van der Waals surface area contributed by atoms with E-state index in [4.69, 9.17) is 4.74 Å². The number of carbonyl (C=O) groups is 1. The molecule has 0 saturated carbocycles. The number of nitrogens with one attached hydrogen (secondary N) is 2. The highest BCUT2D eigenvalue weighted by Gasteiger charge is 2.03. The Morgan fingerprint density at radius 1 is 1.37 bits per heavy atom. The van der Waals surface area contributed by atoms with Crippen LogP contribution in [-0.4, -0.2) is 19.2 Å². The molecule has 0 fully saturated rings. The summed E-state index contributed by atoms with van der Waals surface area (Å²) in [6, 6.07) is 7.26. The maximum absolute atomic E-state index is 11.7. The van der Waals surface area contributed by atoms with E-state index in [1.165, 1.54) is 0 Å². The molecule has 0 bridgehead atoms. The molecular formula is C15H24N2O2. The molecule has 4 nitrogen and oxygen atoms in total. The van der Waals surface area contributed by atoms with Gasteiger partial charge in [-0.05, 0) is 30.9 Å². The zero-order valence-electron chi connectivity index (χ0n) is 12.0. The molecule has 1 aromatic carbocycles. The second-order valence-electron chi connectivity index (χ2n) is 4.94. The lowest BCUT2D eigenvalue weighted by Crippen LogP contribution is -2.30. The van der Waals surface area contributed by atoms with Crippen molar-refractivity contribution in [1.29, 1.82) is 0 Å². The van der Waals surface area contributed by atoms with Crippen LogP contribution < -0.4 is 15.4 Å². The van der Waals surface area contributed by atoms with E-state index in [1.807, 2.05) is 24.3 Å². The van der Waals surface area contributed by atoms with Crippen LogP contribution in [0, 0.1) is 5.92 Å². The van der Waals surface area contributed by atoms with Gasteiger partial charge in [0.05, 0.1) is 6.61 Å². The standard InChI is InChI=1S/C15H24N2O2/c1-4-10-19-14-7-5-6-13(11-14)17-15(18)16-9-8-12(2)3/h5-7,11-12H,4,8-10H2,1-3H3,(H2,16,17,18). The molecule has 0 heterocycles. The van der Waals surface area contributed by atoms with Crippen LogP contribution in [0.4, 0.5) is 10.5 Å². The van der Waals surface area contributed by atoms with Crippen LogP contribution >= 0.6 is 0 Å². The molecule has 0 spiro atoms. The second kappa shape index (κ2) is 8.40. The molecule has 0 aromatic heterocycles. The van der Waals surface area contributed by atoms with Gasteiger partial charge in [0.2, 0.25) is 0 Å². The summed E-state index contributed by atoms with van der Waals surface area (Å²) in [6.45, 7) is 7.70. The lowest BCUT2D eigenvalue weighted by Gasteiger charge is -2.10. The zero-order chi connectivity index (χ0) is 14.1. The molecular weight excluding hydrogens is 240 g/mol. The average Bonchev–Trinajstić information content (AvgIpc) is 2.36. The predicted octanol–water partition coefficient (Wildman–Crippen LogP) is 3.64. The van der Waals surface area contributed by atoms with Crippen LogP contribution in [0.5, 0.6) is 5.75 Å². The smallest absolute Gasteiger partial charge is 0.319 e. The number of rotatable bonds is 7. The first-order valence-corrected chi connectivity index (χ1v) is 6.89. The van der Waals surface area contributed by atoms with Gasteiger partial charge in [-0.3, -0.25) is 0 Å². The summed E-state index contributed by atoms with van der Waals surface area (Å²) in [5, 5.41) is 5.64. The van der Waals surface area contributed by atoms with Crippen LogP contribution in [0.15, 0.2) is 24.3 Å². The highest BCUT2D eigenvalue weighted by Crippen LogP contribution is 2.17. The molecule has 0 unspecified atom stereocenters. The predicted molar refractivity (Wildman–Crippen MR) is 78.7 cm³/mol. The fourth-order valence-corrected chi connectivity index (χ4v) is 1.53. The minimum Gasteiger partial charge on any atom is -0.494 e. The molecule has 2 N–H and O–H groups in total. The Morgan fingerprint density at radius 3 is 2.84 bits per heavy atom. The summed E-state index contributed by atoms with van der Waals surface area (Å²) in [5.41, 5.74) is 0.746. The summed E-state index contributed by atoms with van der Waals surface area (Å²) in [4.78, 5) is 11.7. The second-order valence-corrected chi connectivity index (χ2v) is 4.94. The summed E-state index contributed by atoms with van der Waals surface area (Å²) >= 11 is 0. The number of ether oxygens (including phenoxy) is 1. The number of anilines is 1. The Bertz CT molecular complexity index is 391.